The Morgan fingerprint density at radius 3 is 2.00 bits per heavy atom. The third-order valence-corrected chi connectivity index (χ3v) is 5.50. The zero-order valence-corrected chi connectivity index (χ0v) is 24.0. The first-order valence-corrected chi connectivity index (χ1v) is 13.2. The van der Waals surface area contributed by atoms with Gasteiger partial charge in [0.1, 0.15) is 30.3 Å². The van der Waals surface area contributed by atoms with Crippen LogP contribution in [0.1, 0.15) is 73.3 Å². The highest BCUT2D eigenvalue weighted by molar-refractivity contribution is 5.93. The molecule has 0 saturated heterocycles. The van der Waals surface area contributed by atoms with E-state index in [9.17, 15) is 24.0 Å². The summed E-state index contributed by atoms with van der Waals surface area (Å²) in [6.45, 7) is 12.3. The van der Waals surface area contributed by atoms with Gasteiger partial charge in [-0.05, 0) is 51.0 Å². The third-order valence-electron chi connectivity index (χ3n) is 5.50. The van der Waals surface area contributed by atoms with Gasteiger partial charge in [-0.1, -0.05) is 58.0 Å². The van der Waals surface area contributed by atoms with Gasteiger partial charge < -0.3 is 31.2 Å². The topological polar surface area (TPSA) is 166 Å². The number of rotatable bonds is 14. The van der Waals surface area contributed by atoms with Crippen LogP contribution < -0.4 is 21.7 Å². The molecule has 0 fully saturated rings. The summed E-state index contributed by atoms with van der Waals surface area (Å²) in [5, 5.41) is 7.74. The van der Waals surface area contributed by atoms with Gasteiger partial charge in [-0.15, -0.1) is 0 Å². The van der Waals surface area contributed by atoms with Crippen LogP contribution in [0.15, 0.2) is 30.3 Å². The quantitative estimate of drug-likeness (QED) is 0.259. The van der Waals surface area contributed by atoms with Crippen molar-refractivity contribution in [2.75, 3.05) is 0 Å². The number of primary amides is 1. The third kappa shape index (κ3) is 13.6. The lowest BCUT2D eigenvalue weighted by molar-refractivity contribution is -0.145. The minimum Gasteiger partial charge on any atom is -0.461 e. The first-order valence-electron chi connectivity index (χ1n) is 13.2. The largest absolute Gasteiger partial charge is 0.461 e. The van der Waals surface area contributed by atoms with Crippen LogP contribution in [0.3, 0.4) is 0 Å². The lowest BCUT2D eigenvalue weighted by atomic mass is 9.99. The summed E-state index contributed by atoms with van der Waals surface area (Å²) in [5.74, 6) is -2.77. The van der Waals surface area contributed by atoms with Crippen molar-refractivity contribution in [1.82, 2.24) is 16.0 Å². The minimum absolute atomic E-state index is 0.0725. The molecule has 11 heteroatoms. The molecule has 0 aliphatic rings. The van der Waals surface area contributed by atoms with Gasteiger partial charge in [-0.2, -0.15) is 0 Å². The number of hydrogen-bond acceptors (Lipinski definition) is 7. The second-order valence-corrected chi connectivity index (χ2v) is 11.2. The van der Waals surface area contributed by atoms with Gasteiger partial charge in [0.25, 0.3) is 0 Å². The van der Waals surface area contributed by atoms with E-state index in [1.54, 1.807) is 34.6 Å². The monoisotopic (exact) mass is 548 g/mol. The van der Waals surface area contributed by atoms with E-state index in [0.717, 1.165) is 5.56 Å². The molecule has 218 valence electrons. The highest BCUT2D eigenvalue weighted by Gasteiger charge is 2.32. The number of benzene rings is 1. The van der Waals surface area contributed by atoms with Crippen molar-refractivity contribution < 1.29 is 33.4 Å². The number of nitrogens with two attached hydrogens (primary N) is 1. The summed E-state index contributed by atoms with van der Waals surface area (Å²) >= 11 is 0. The summed E-state index contributed by atoms with van der Waals surface area (Å²) in [4.78, 5) is 62.9. The number of nitrogens with one attached hydrogen (secondary N) is 3. The molecule has 4 amide bonds. The van der Waals surface area contributed by atoms with Crippen molar-refractivity contribution in [2.24, 2.45) is 17.6 Å². The number of esters is 1. The molecule has 0 spiro atoms. The fourth-order valence-electron chi connectivity index (χ4n) is 3.56. The Labute approximate surface area is 230 Å². The number of alkyl carbamates (subject to hydrolysis) is 1. The van der Waals surface area contributed by atoms with Crippen LogP contribution in [0.25, 0.3) is 0 Å². The van der Waals surface area contributed by atoms with Crippen LogP contribution in [-0.2, 0) is 35.3 Å². The first kappa shape index (κ1) is 33.4. The van der Waals surface area contributed by atoms with E-state index in [1.807, 2.05) is 44.2 Å². The zero-order chi connectivity index (χ0) is 29.8. The Balaban J connectivity index is 2.95. The summed E-state index contributed by atoms with van der Waals surface area (Å²) in [6, 6.07) is 6.00. The zero-order valence-electron chi connectivity index (χ0n) is 24.0. The van der Waals surface area contributed by atoms with E-state index in [0.29, 0.717) is 6.42 Å². The van der Waals surface area contributed by atoms with Gasteiger partial charge in [-0.25, -0.2) is 4.79 Å². The lowest BCUT2D eigenvalue weighted by Gasteiger charge is -2.28. The van der Waals surface area contributed by atoms with E-state index < -0.39 is 53.5 Å². The van der Waals surface area contributed by atoms with Gasteiger partial charge >= 0.3 is 12.1 Å². The van der Waals surface area contributed by atoms with Gasteiger partial charge in [0.15, 0.2) is 0 Å². The number of carbonyl (C=O) groups excluding carboxylic acids is 5. The van der Waals surface area contributed by atoms with Crippen molar-refractivity contribution >= 4 is 29.8 Å². The first-order chi connectivity index (χ1) is 18.1. The molecule has 1 aromatic carbocycles. The van der Waals surface area contributed by atoms with Gasteiger partial charge in [-0.3, -0.25) is 19.2 Å². The normalized spacial score (nSPS) is 13.7. The molecule has 1 aromatic rings. The molecule has 11 nitrogen and oxygen atoms in total. The highest BCUT2D eigenvalue weighted by Crippen LogP contribution is 2.11. The van der Waals surface area contributed by atoms with Crippen molar-refractivity contribution in [3.8, 4) is 0 Å². The smallest absolute Gasteiger partial charge is 0.408 e. The van der Waals surface area contributed by atoms with Crippen LogP contribution in [0.4, 0.5) is 4.79 Å². The predicted octanol–water partition coefficient (Wildman–Crippen LogP) is 2.56. The molecule has 39 heavy (non-hydrogen) atoms. The Morgan fingerprint density at radius 1 is 0.872 bits per heavy atom. The minimum atomic E-state index is -1.19. The average molecular weight is 549 g/mol. The molecule has 0 heterocycles. The van der Waals surface area contributed by atoms with Crippen molar-refractivity contribution in [1.29, 1.82) is 0 Å². The van der Waals surface area contributed by atoms with Crippen molar-refractivity contribution in [3.63, 3.8) is 0 Å². The second kappa shape index (κ2) is 15.7. The molecule has 3 atom stereocenters. The molecular weight excluding hydrogens is 504 g/mol. The summed E-state index contributed by atoms with van der Waals surface area (Å²) in [6.07, 6.45) is -0.773. The van der Waals surface area contributed by atoms with Gasteiger partial charge in [0, 0.05) is 6.42 Å². The molecule has 3 unspecified atom stereocenters. The van der Waals surface area contributed by atoms with E-state index in [1.165, 1.54) is 0 Å². The molecular formula is C28H44N4O7. The standard InChI is InChI=1S/C28H44N4O7/c1-17(2)15-21(24(29)34)30-26(36)23(18(3)4)32-25(35)20(31-27(37)39-28(5,6)7)13-14-22(33)38-16-19-11-9-8-10-12-19/h8-12,17-18,20-21,23H,13-16H2,1-7H3,(H2,29,34)(H,30,36)(H,31,37)(H,32,35). The van der Waals surface area contributed by atoms with Crippen molar-refractivity contribution in [2.45, 2.75) is 98.1 Å². The summed E-state index contributed by atoms with van der Waals surface area (Å²) < 4.78 is 10.5. The lowest BCUT2D eigenvalue weighted by Crippen LogP contribution is -2.58. The maximum absolute atomic E-state index is 13.2. The molecule has 0 bridgehead atoms. The fraction of sp³-hybridized carbons (Fsp3) is 0.607. The Bertz CT molecular complexity index is 974. The molecule has 0 aliphatic heterocycles. The van der Waals surface area contributed by atoms with Crippen LogP contribution in [0, 0.1) is 11.8 Å². The maximum Gasteiger partial charge on any atom is 0.408 e. The predicted molar refractivity (Wildman–Crippen MR) is 146 cm³/mol. The molecule has 5 N–H and O–H groups in total. The van der Waals surface area contributed by atoms with Crippen LogP contribution >= 0.6 is 0 Å². The van der Waals surface area contributed by atoms with E-state index in [4.69, 9.17) is 15.2 Å². The summed E-state index contributed by atoms with van der Waals surface area (Å²) in [7, 11) is 0. The molecule has 1 rings (SSSR count). The van der Waals surface area contributed by atoms with Crippen LogP contribution in [0.2, 0.25) is 0 Å². The summed E-state index contributed by atoms with van der Waals surface area (Å²) in [5.41, 5.74) is 5.44. The van der Waals surface area contributed by atoms with E-state index >= 15 is 0 Å². The van der Waals surface area contributed by atoms with Gasteiger partial charge in [0.05, 0.1) is 0 Å². The molecule has 0 saturated carbocycles. The van der Waals surface area contributed by atoms with Gasteiger partial charge in [0.2, 0.25) is 17.7 Å². The number of carbonyl (C=O) groups is 5. The Kier molecular flexibility index (Phi) is 13.4. The van der Waals surface area contributed by atoms with E-state index in [2.05, 4.69) is 16.0 Å². The van der Waals surface area contributed by atoms with Crippen molar-refractivity contribution in [3.05, 3.63) is 35.9 Å². The average Bonchev–Trinajstić information content (AvgIpc) is 2.82. The number of amides is 4. The Morgan fingerprint density at radius 2 is 1.49 bits per heavy atom. The fourth-order valence-corrected chi connectivity index (χ4v) is 3.56. The van der Waals surface area contributed by atoms with Crippen LogP contribution in [0.5, 0.6) is 0 Å². The molecule has 0 radical (unpaired) electrons. The molecule has 0 aromatic heterocycles. The number of hydrogen-bond donors (Lipinski definition) is 4. The second-order valence-electron chi connectivity index (χ2n) is 11.2. The highest BCUT2D eigenvalue weighted by atomic mass is 16.6. The molecule has 0 aliphatic carbocycles. The SMILES string of the molecule is CC(C)CC(NC(=O)C(NC(=O)C(CCC(=O)OCc1ccccc1)NC(=O)OC(C)(C)C)C(C)C)C(N)=O. The number of ether oxygens (including phenoxy) is 2. The van der Waals surface area contributed by atoms with Crippen LogP contribution in [-0.4, -0.2) is 53.5 Å². The van der Waals surface area contributed by atoms with E-state index in [-0.39, 0.29) is 31.3 Å². The maximum atomic E-state index is 13.2. The Hall–Kier alpha value is -3.63.